The Balaban J connectivity index is 2.30. The number of carbonyl (C=O) groups is 1. The van der Waals surface area contributed by atoms with Crippen LogP contribution in [0.1, 0.15) is 5.69 Å². The average Bonchev–Trinajstić information content (AvgIpc) is 2.27. The van der Waals surface area contributed by atoms with Crippen molar-refractivity contribution in [2.45, 2.75) is 11.8 Å². The van der Waals surface area contributed by atoms with E-state index in [2.05, 4.69) is 4.98 Å². The van der Waals surface area contributed by atoms with Crippen LogP contribution in [-0.2, 0) is 11.2 Å². The molecule has 0 aliphatic rings. The van der Waals surface area contributed by atoms with Crippen molar-refractivity contribution >= 4 is 17.6 Å². The first kappa shape index (κ1) is 12.9. The molecule has 0 amide bonds. The van der Waals surface area contributed by atoms with Gasteiger partial charge in [0.05, 0.1) is 0 Å². The van der Waals surface area contributed by atoms with Crippen molar-refractivity contribution in [3.63, 3.8) is 0 Å². The van der Waals surface area contributed by atoms with Gasteiger partial charge in [-0.15, -0.1) is 11.6 Å². The standard InChI is InChI=1S/C11H15ClN2O2/c1-14(8-10(12)11(15)16)7-5-9-4-2-3-6-13-9/h2-4,6,10H,5,7-8H2,1H3,(H,15,16). The molecule has 0 aliphatic heterocycles. The number of nitrogens with zero attached hydrogens (tertiary/aromatic N) is 2. The third-order valence-corrected chi connectivity index (χ3v) is 2.54. The number of halogens is 1. The van der Waals surface area contributed by atoms with E-state index in [-0.39, 0.29) is 0 Å². The van der Waals surface area contributed by atoms with Gasteiger partial charge in [0.1, 0.15) is 5.38 Å². The molecule has 0 spiro atoms. The Kier molecular flexibility index (Phi) is 5.22. The molecule has 1 atom stereocenters. The van der Waals surface area contributed by atoms with Gasteiger partial charge in [0.15, 0.2) is 0 Å². The van der Waals surface area contributed by atoms with Crippen LogP contribution in [0, 0.1) is 0 Å². The van der Waals surface area contributed by atoms with Gasteiger partial charge in [0.2, 0.25) is 0 Å². The third kappa shape index (κ3) is 4.59. The fourth-order valence-corrected chi connectivity index (χ4v) is 1.53. The molecular weight excluding hydrogens is 228 g/mol. The zero-order chi connectivity index (χ0) is 12.0. The van der Waals surface area contributed by atoms with Crippen LogP contribution in [0.4, 0.5) is 0 Å². The minimum absolute atomic E-state index is 0.337. The number of aromatic nitrogens is 1. The molecule has 1 aromatic rings. The number of hydrogen-bond acceptors (Lipinski definition) is 3. The van der Waals surface area contributed by atoms with E-state index in [1.807, 2.05) is 30.1 Å². The van der Waals surface area contributed by atoms with Gasteiger partial charge < -0.3 is 10.0 Å². The van der Waals surface area contributed by atoms with Gasteiger partial charge in [-0.25, -0.2) is 0 Å². The predicted molar refractivity (Wildman–Crippen MR) is 62.7 cm³/mol. The number of likely N-dealkylation sites (N-methyl/N-ethyl adjacent to an activating group) is 1. The molecule has 4 nitrogen and oxygen atoms in total. The van der Waals surface area contributed by atoms with Crippen LogP contribution in [0.2, 0.25) is 0 Å². The minimum Gasteiger partial charge on any atom is -0.480 e. The van der Waals surface area contributed by atoms with Crippen molar-refractivity contribution in [3.8, 4) is 0 Å². The highest BCUT2D eigenvalue weighted by Crippen LogP contribution is 2.01. The summed E-state index contributed by atoms with van der Waals surface area (Å²) in [5, 5.41) is 7.79. The lowest BCUT2D eigenvalue weighted by Gasteiger charge is -2.17. The van der Waals surface area contributed by atoms with Gasteiger partial charge in [-0.05, 0) is 19.2 Å². The van der Waals surface area contributed by atoms with E-state index in [9.17, 15) is 4.79 Å². The Morgan fingerprint density at radius 1 is 1.62 bits per heavy atom. The van der Waals surface area contributed by atoms with E-state index in [1.54, 1.807) is 6.20 Å². The molecule has 0 saturated heterocycles. The van der Waals surface area contributed by atoms with E-state index in [0.717, 1.165) is 18.7 Å². The molecule has 0 saturated carbocycles. The molecule has 0 aliphatic carbocycles. The number of carboxylic acid groups (broad SMARTS) is 1. The van der Waals surface area contributed by atoms with E-state index >= 15 is 0 Å². The maximum absolute atomic E-state index is 10.5. The molecular formula is C11H15ClN2O2. The first-order valence-corrected chi connectivity index (χ1v) is 5.48. The van der Waals surface area contributed by atoms with Crippen LogP contribution < -0.4 is 0 Å². The van der Waals surface area contributed by atoms with E-state index in [1.165, 1.54) is 0 Å². The molecule has 1 unspecified atom stereocenters. The van der Waals surface area contributed by atoms with Crippen molar-refractivity contribution in [2.24, 2.45) is 0 Å². The van der Waals surface area contributed by atoms with Crippen LogP contribution in [0.15, 0.2) is 24.4 Å². The third-order valence-electron chi connectivity index (χ3n) is 2.22. The van der Waals surface area contributed by atoms with E-state index in [4.69, 9.17) is 16.7 Å². The van der Waals surface area contributed by atoms with E-state index < -0.39 is 11.3 Å². The first-order chi connectivity index (χ1) is 7.59. The van der Waals surface area contributed by atoms with Gasteiger partial charge in [0.25, 0.3) is 0 Å². The van der Waals surface area contributed by atoms with Gasteiger partial charge in [-0.1, -0.05) is 6.07 Å². The Morgan fingerprint density at radius 2 is 2.38 bits per heavy atom. The fraction of sp³-hybridized carbons (Fsp3) is 0.455. The van der Waals surface area contributed by atoms with Crippen molar-refractivity contribution < 1.29 is 9.90 Å². The van der Waals surface area contributed by atoms with Crippen molar-refractivity contribution in [2.75, 3.05) is 20.1 Å². The number of hydrogen-bond donors (Lipinski definition) is 1. The Bertz CT molecular complexity index is 332. The summed E-state index contributed by atoms with van der Waals surface area (Å²) in [6.45, 7) is 1.08. The van der Waals surface area contributed by atoms with Gasteiger partial charge >= 0.3 is 5.97 Å². The minimum atomic E-state index is -0.980. The van der Waals surface area contributed by atoms with Crippen molar-refractivity contribution in [1.29, 1.82) is 0 Å². The second-order valence-corrected chi connectivity index (χ2v) is 4.17. The maximum atomic E-state index is 10.5. The summed E-state index contributed by atoms with van der Waals surface area (Å²) in [6, 6.07) is 5.75. The highest BCUT2D eigenvalue weighted by molar-refractivity contribution is 6.29. The molecule has 1 aromatic heterocycles. The summed E-state index contributed by atoms with van der Waals surface area (Å²) in [6.07, 6.45) is 2.54. The largest absolute Gasteiger partial charge is 0.480 e. The summed E-state index contributed by atoms with van der Waals surface area (Å²) in [5.74, 6) is -0.980. The van der Waals surface area contributed by atoms with Crippen LogP contribution in [0.25, 0.3) is 0 Å². The van der Waals surface area contributed by atoms with E-state index in [0.29, 0.717) is 6.54 Å². The topological polar surface area (TPSA) is 53.4 Å². The summed E-state index contributed by atoms with van der Waals surface area (Å²) in [7, 11) is 1.85. The summed E-state index contributed by atoms with van der Waals surface area (Å²) in [4.78, 5) is 16.6. The SMILES string of the molecule is CN(CCc1ccccn1)CC(Cl)C(=O)O. The summed E-state index contributed by atoms with van der Waals surface area (Å²) < 4.78 is 0. The van der Waals surface area contributed by atoms with Crippen molar-refractivity contribution in [3.05, 3.63) is 30.1 Å². The lowest BCUT2D eigenvalue weighted by Crippen LogP contribution is -2.32. The molecule has 1 rings (SSSR count). The molecule has 1 heterocycles. The summed E-state index contributed by atoms with van der Waals surface area (Å²) >= 11 is 5.64. The number of rotatable bonds is 6. The molecule has 0 fully saturated rings. The zero-order valence-electron chi connectivity index (χ0n) is 9.14. The quantitative estimate of drug-likeness (QED) is 0.763. The number of alkyl halides is 1. The smallest absolute Gasteiger partial charge is 0.322 e. The predicted octanol–water partition coefficient (Wildman–Crippen LogP) is 1.25. The number of aliphatic carboxylic acids is 1. The molecule has 16 heavy (non-hydrogen) atoms. The molecule has 0 aromatic carbocycles. The normalized spacial score (nSPS) is 12.7. The number of carboxylic acids is 1. The van der Waals surface area contributed by atoms with Gasteiger partial charge in [-0.3, -0.25) is 9.78 Å². The molecule has 0 bridgehead atoms. The second-order valence-electron chi connectivity index (χ2n) is 3.64. The zero-order valence-corrected chi connectivity index (χ0v) is 9.89. The van der Waals surface area contributed by atoms with Gasteiger partial charge in [-0.2, -0.15) is 0 Å². The molecule has 88 valence electrons. The highest BCUT2D eigenvalue weighted by atomic mass is 35.5. The number of pyridine rings is 1. The molecule has 0 radical (unpaired) electrons. The first-order valence-electron chi connectivity index (χ1n) is 5.05. The average molecular weight is 243 g/mol. The second kappa shape index (κ2) is 6.45. The van der Waals surface area contributed by atoms with Crippen LogP contribution in [0.5, 0.6) is 0 Å². The van der Waals surface area contributed by atoms with Crippen molar-refractivity contribution in [1.82, 2.24) is 9.88 Å². The van der Waals surface area contributed by atoms with Crippen LogP contribution in [-0.4, -0.2) is 46.5 Å². The Morgan fingerprint density at radius 3 is 2.94 bits per heavy atom. The molecule has 5 heteroatoms. The maximum Gasteiger partial charge on any atom is 0.322 e. The molecule has 1 N–H and O–H groups in total. The lowest BCUT2D eigenvalue weighted by molar-refractivity contribution is -0.136. The monoisotopic (exact) mass is 242 g/mol. The van der Waals surface area contributed by atoms with Gasteiger partial charge in [0, 0.05) is 31.4 Å². The van der Waals surface area contributed by atoms with Crippen LogP contribution >= 0.6 is 11.6 Å². The summed E-state index contributed by atoms with van der Waals surface area (Å²) in [5.41, 5.74) is 0.996. The Labute approximate surface area is 99.9 Å². The Hall–Kier alpha value is -1.13. The fourth-order valence-electron chi connectivity index (χ4n) is 1.29. The van der Waals surface area contributed by atoms with Crippen LogP contribution in [0.3, 0.4) is 0 Å². The lowest BCUT2D eigenvalue weighted by atomic mass is 10.2. The highest BCUT2D eigenvalue weighted by Gasteiger charge is 2.15.